The van der Waals surface area contributed by atoms with Crippen LogP contribution in [0.4, 0.5) is 4.39 Å². The number of hydrogen-bond donors (Lipinski definition) is 2. The molecule has 4 aromatic rings. The van der Waals surface area contributed by atoms with Crippen molar-refractivity contribution in [1.82, 2.24) is 19.8 Å². The molecule has 4 rings (SSSR count). The van der Waals surface area contributed by atoms with Gasteiger partial charge in [-0.05, 0) is 68.6 Å². The van der Waals surface area contributed by atoms with Crippen molar-refractivity contribution in [2.75, 3.05) is 20.6 Å². The number of benzene rings is 3. The van der Waals surface area contributed by atoms with Gasteiger partial charge in [0, 0.05) is 18.2 Å². The van der Waals surface area contributed by atoms with Crippen molar-refractivity contribution in [1.29, 1.82) is 0 Å². The summed E-state index contributed by atoms with van der Waals surface area (Å²) in [6.45, 7) is 0.462. The lowest BCUT2D eigenvalue weighted by molar-refractivity contribution is 0.0942. The number of carbonyl (C=O) groups excluding carboxylic acids is 1. The Morgan fingerprint density at radius 2 is 1.79 bits per heavy atom. The van der Waals surface area contributed by atoms with Gasteiger partial charge in [-0.25, -0.2) is 8.96 Å². The quantitative estimate of drug-likeness (QED) is 0.394. The van der Waals surface area contributed by atoms with Gasteiger partial charge in [-0.3, -0.25) is 9.59 Å². The Morgan fingerprint density at radius 1 is 1.09 bits per heavy atom. The number of hydrogen-bond acceptors (Lipinski definition) is 4. The van der Waals surface area contributed by atoms with Crippen molar-refractivity contribution in [2.24, 2.45) is 0 Å². The number of likely N-dealkylation sites (N-methyl/N-ethyl adjacent to an activating group) is 1. The van der Waals surface area contributed by atoms with Crippen LogP contribution in [0.2, 0.25) is 0 Å². The second-order valence-corrected chi connectivity index (χ2v) is 8.69. The van der Waals surface area contributed by atoms with E-state index in [0.717, 1.165) is 11.0 Å². The van der Waals surface area contributed by atoms with Crippen molar-refractivity contribution in [3.63, 3.8) is 0 Å². The molecule has 0 aliphatic rings. The Bertz CT molecular complexity index is 1450. The molecule has 0 unspecified atom stereocenters. The molecule has 0 fully saturated rings. The number of aromatic nitrogens is 2. The predicted octanol–water partition coefficient (Wildman–Crippen LogP) is 4.09. The van der Waals surface area contributed by atoms with Crippen LogP contribution in [0.15, 0.2) is 77.6 Å². The lowest BCUT2D eigenvalue weighted by atomic mass is 10.0. The summed E-state index contributed by atoms with van der Waals surface area (Å²) in [5.74, 6) is -0.801. The van der Waals surface area contributed by atoms with E-state index in [1.54, 1.807) is 30.3 Å². The van der Waals surface area contributed by atoms with Crippen molar-refractivity contribution < 1.29 is 9.18 Å². The first-order valence-corrected chi connectivity index (χ1v) is 11.3. The van der Waals surface area contributed by atoms with Gasteiger partial charge in [0.25, 0.3) is 11.5 Å². The monoisotopic (exact) mass is 476 g/mol. The molecule has 1 amide bonds. The van der Waals surface area contributed by atoms with Crippen LogP contribution in [0.5, 0.6) is 0 Å². The average molecular weight is 477 g/mol. The highest BCUT2D eigenvalue weighted by molar-refractivity contribution is 7.71. The number of fused-ring (bicyclic) bond motifs is 1. The summed E-state index contributed by atoms with van der Waals surface area (Å²) in [6, 6.07) is 20.9. The third-order valence-corrected chi connectivity index (χ3v) is 6.08. The maximum atomic E-state index is 14.3. The van der Waals surface area contributed by atoms with Crippen LogP contribution in [-0.4, -0.2) is 47.0 Å². The fourth-order valence-electron chi connectivity index (χ4n) is 3.85. The fraction of sp³-hybridized carbons (Fsp3) is 0.192. The summed E-state index contributed by atoms with van der Waals surface area (Å²) in [4.78, 5) is 31.0. The van der Waals surface area contributed by atoms with Crippen LogP contribution in [0.1, 0.15) is 15.9 Å². The van der Waals surface area contributed by atoms with Crippen molar-refractivity contribution in [3.8, 4) is 5.69 Å². The van der Waals surface area contributed by atoms with E-state index in [-0.39, 0.29) is 22.4 Å². The first-order chi connectivity index (χ1) is 16.3. The molecule has 2 N–H and O–H groups in total. The highest BCUT2D eigenvalue weighted by atomic mass is 32.1. The van der Waals surface area contributed by atoms with E-state index in [1.165, 1.54) is 17.7 Å². The predicted molar refractivity (Wildman–Crippen MR) is 135 cm³/mol. The van der Waals surface area contributed by atoms with Gasteiger partial charge in [0.2, 0.25) is 0 Å². The van der Waals surface area contributed by atoms with Crippen LogP contribution in [0.25, 0.3) is 16.6 Å². The third kappa shape index (κ3) is 4.98. The minimum absolute atomic E-state index is 0.0516. The zero-order valence-corrected chi connectivity index (χ0v) is 19.7. The Balaban J connectivity index is 1.57. The number of rotatable bonds is 7. The molecule has 0 spiro atoms. The molecule has 3 aromatic carbocycles. The summed E-state index contributed by atoms with van der Waals surface area (Å²) in [7, 11) is 3.97. The van der Waals surface area contributed by atoms with E-state index in [1.807, 2.05) is 32.3 Å². The summed E-state index contributed by atoms with van der Waals surface area (Å²) < 4.78 is 15.4. The largest absolute Gasteiger partial charge is 0.350 e. The molecular weight excluding hydrogens is 451 g/mol. The second kappa shape index (κ2) is 10.1. The summed E-state index contributed by atoms with van der Waals surface area (Å²) >= 11 is 5.33. The van der Waals surface area contributed by atoms with Crippen LogP contribution in [-0.2, 0) is 6.42 Å². The highest BCUT2D eigenvalue weighted by Gasteiger charge is 2.16. The lowest BCUT2D eigenvalue weighted by Crippen LogP contribution is -2.41. The summed E-state index contributed by atoms with van der Waals surface area (Å²) in [5, 5.41) is 3.29. The zero-order chi connectivity index (χ0) is 24.2. The van der Waals surface area contributed by atoms with Gasteiger partial charge in [0.1, 0.15) is 5.82 Å². The number of nitrogens with one attached hydrogen (secondary N) is 2. The van der Waals surface area contributed by atoms with E-state index in [9.17, 15) is 14.0 Å². The van der Waals surface area contributed by atoms with Crippen molar-refractivity contribution in [3.05, 3.63) is 105 Å². The van der Waals surface area contributed by atoms with E-state index in [2.05, 4.69) is 27.3 Å². The van der Waals surface area contributed by atoms with E-state index in [0.29, 0.717) is 23.0 Å². The molecule has 0 radical (unpaired) electrons. The maximum Gasteiger partial charge on any atom is 0.266 e. The zero-order valence-electron chi connectivity index (χ0n) is 18.9. The molecule has 6 nitrogen and oxygen atoms in total. The molecule has 0 aliphatic carbocycles. The molecule has 8 heteroatoms. The van der Waals surface area contributed by atoms with Crippen molar-refractivity contribution >= 4 is 29.0 Å². The summed E-state index contributed by atoms with van der Waals surface area (Å²) in [6.07, 6.45) is 0.800. The van der Waals surface area contributed by atoms with Crippen LogP contribution < -0.4 is 10.9 Å². The maximum absolute atomic E-state index is 14.3. The van der Waals surface area contributed by atoms with Gasteiger partial charge >= 0.3 is 0 Å². The second-order valence-electron chi connectivity index (χ2n) is 8.30. The topological polar surface area (TPSA) is 70.1 Å². The van der Waals surface area contributed by atoms with Gasteiger partial charge in [-0.1, -0.05) is 42.5 Å². The molecule has 34 heavy (non-hydrogen) atoms. The molecule has 174 valence electrons. The number of carbonyl (C=O) groups is 1. The van der Waals surface area contributed by atoms with E-state index >= 15 is 0 Å². The van der Waals surface area contributed by atoms with Crippen molar-refractivity contribution in [2.45, 2.75) is 12.5 Å². The smallest absolute Gasteiger partial charge is 0.266 e. The summed E-state index contributed by atoms with van der Waals surface area (Å²) in [5.41, 5.74) is 1.64. The van der Waals surface area contributed by atoms with Gasteiger partial charge < -0.3 is 15.2 Å². The molecular formula is C26H25FN4O2S. The SMILES string of the molecule is CN(C)[C@@H](CNC(=O)c1ccc2c(=O)n(-c3ccccc3F)c(=S)[nH]c2c1)Cc1ccccc1. The molecule has 1 aromatic heterocycles. The van der Waals surface area contributed by atoms with Gasteiger partial charge in [0.05, 0.1) is 16.6 Å². The molecule has 0 bridgehead atoms. The minimum atomic E-state index is -0.551. The molecule has 1 heterocycles. The highest BCUT2D eigenvalue weighted by Crippen LogP contribution is 2.16. The fourth-order valence-corrected chi connectivity index (χ4v) is 4.14. The van der Waals surface area contributed by atoms with Gasteiger partial charge in [0.15, 0.2) is 4.77 Å². The normalized spacial score (nSPS) is 12.1. The standard InChI is InChI=1S/C26H25FN4O2S/c1-30(2)19(14-17-8-4-3-5-9-17)16-28-24(32)18-12-13-20-22(15-18)29-26(34)31(25(20)33)23-11-7-6-10-21(23)27/h3-13,15,19H,14,16H2,1-2H3,(H,28,32)(H,29,34)/t19-/m1/s1. The van der Waals surface area contributed by atoms with Crippen LogP contribution in [0.3, 0.4) is 0 Å². The first-order valence-electron chi connectivity index (χ1n) is 10.9. The van der Waals surface area contributed by atoms with E-state index < -0.39 is 11.4 Å². The van der Waals surface area contributed by atoms with Crippen LogP contribution in [0, 0.1) is 10.6 Å². The number of amides is 1. The Labute approximate surface area is 201 Å². The number of halogens is 1. The third-order valence-electron chi connectivity index (χ3n) is 5.80. The Hall–Kier alpha value is -3.62. The average Bonchev–Trinajstić information content (AvgIpc) is 2.82. The molecule has 1 atom stereocenters. The number of H-pyrrole nitrogens is 1. The van der Waals surface area contributed by atoms with Crippen LogP contribution >= 0.6 is 12.2 Å². The Kier molecular flexibility index (Phi) is 7.00. The van der Waals surface area contributed by atoms with Gasteiger partial charge in [-0.2, -0.15) is 0 Å². The molecule has 0 saturated carbocycles. The number of aromatic amines is 1. The Morgan fingerprint density at radius 3 is 2.50 bits per heavy atom. The number of para-hydroxylation sites is 1. The van der Waals surface area contributed by atoms with Gasteiger partial charge in [-0.15, -0.1) is 0 Å². The minimum Gasteiger partial charge on any atom is -0.350 e. The lowest BCUT2D eigenvalue weighted by Gasteiger charge is -2.25. The molecule has 0 aliphatic heterocycles. The first kappa shape index (κ1) is 23.5. The molecule has 0 saturated heterocycles. The number of nitrogens with zero attached hydrogens (tertiary/aromatic N) is 2. The van der Waals surface area contributed by atoms with E-state index in [4.69, 9.17) is 12.2 Å².